The van der Waals surface area contributed by atoms with Crippen molar-refractivity contribution >= 4 is 22.4 Å². The summed E-state index contributed by atoms with van der Waals surface area (Å²) in [6, 6.07) is 0. The van der Waals surface area contributed by atoms with Crippen LogP contribution in [0.15, 0.2) is 6.20 Å². The number of carbonyl (C=O) groups excluding carboxylic acids is 1. The molecule has 0 bridgehead atoms. The summed E-state index contributed by atoms with van der Waals surface area (Å²) in [5, 5.41) is 0.670. The minimum absolute atomic E-state index is 0.265. The number of nitrogens with two attached hydrogens (primary N) is 2. The second kappa shape index (κ2) is 6.53. The third kappa shape index (κ3) is 5.12. The maximum absolute atomic E-state index is 11.0. The molecule has 0 radical (unpaired) electrons. The molecule has 0 aliphatic heterocycles. The lowest BCUT2D eigenvalue weighted by molar-refractivity contribution is -0.119. The van der Waals surface area contributed by atoms with Gasteiger partial charge in [0.25, 0.3) is 0 Å². The van der Waals surface area contributed by atoms with Gasteiger partial charge in [-0.3, -0.25) is 15.1 Å². The van der Waals surface area contributed by atoms with Crippen LogP contribution in [-0.4, -0.2) is 28.9 Å². The van der Waals surface area contributed by atoms with Crippen molar-refractivity contribution in [1.82, 2.24) is 9.88 Å². The molecule has 1 aromatic heterocycles. The first-order valence-electron chi connectivity index (χ1n) is 5.43. The van der Waals surface area contributed by atoms with E-state index in [2.05, 4.69) is 24.3 Å². The van der Waals surface area contributed by atoms with Gasteiger partial charge in [-0.15, -0.1) is 0 Å². The summed E-state index contributed by atoms with van der Waals surface area (Å²) >= 11 is 1.47. The van der Waals surface area contributed by atoms with Gasteiger partial charge >= 0.3 is 0 Å². The Balaban J connectivity index is 2.60. The first-order valence-corrected chi connectivity index (χ1v) is 6.25. The number of thiazole rings is 1. The van der Waals surface area contributed by atoms with E-state index in [1.54, 1.807) is 6.20 Å². The highest BCUT2D eigenvalue weighted by Gasteiger charge is 2.12. The predicted molar refractivity (Wildman–Crippen MR) is 69.2 cm³/mol. The minimum Gasteiger partial charge on any atom is -0.369 e. The van der Waals surface area contributed by atoms with E-state index in [0.29, 0.717) is 17.6 Å². The predicted octanol–water partition coefficient (Wildman–Crippen LogP) is 0.372. The van der Waals surface area contributed by atoms with Crippen LogP contribution in [0.4, 0.5) is 5.13 Å². The standard InChI is InChI=1S/C10H19N5OS/c1-7(2)4-15(6-9(11)16)5-8-3-13-10(14-12)17-8/h3,7H,4-6,12H2,1-2H3,(H2,11,16)(H,13,14). The molecule has 0 saturated heterocycles. The quantitative estimate of drug-likeness (QED) is 0.484. The monoisotopic (exact) mass is 257 g/mol. The second-order valence-electron chi connectivity index (χ2n) is 4.31. The molecular formula is C10H19N5OS. The van der Waals surface area contributed by atoms with Crippen LogP contribution in [0.5, 0.6) is 0 Å². The van der Waals surface area contributed by atoms with Crippen molar-refractivity contribution in [2.75, 3.05) is 18.5 Å². The number of aromatic nitrogens is 1. The van der Waals surface area contributed by atoms with Crippen molar-refractivity contribution in [3.63, 3.8) is 0 Å². The van der Waals surface area contributed by atoms with Gasteiger partial charge in [0.2, 0.25) is 5.91 Å². The van der Waals surface area contributed by atoms with Crippen molar-refractivity contribution in [2.24, 2.45) is 17.5 Å². The molecule has 1 aromatic rings. The van der Waals surface area contributed by atoms with E-state index in [9.17, 15) is 4.79 Å². The number of nitrogen functional groups attached to an aromatic ring is 1. The number of hydrazine groups is 1. The van der Waals surface area contributed by atoms with Crippen LogP contribution < -0.4 is 17.0 Å². The Labute approximate surface area is 105 Å². The van der Waals surface area contributed by atoms with Gasteiger partial charge in [-0.2, -0.15) is 0 Å². The molecule has 0 fully saturated rings. The first kappa shape index (κ1) is 13.9. The molecule has 6 nitrogen and oxygen atoms in total. The van der Waals surface area contributed by atoms with E-state index < -0.39 is 0 Å². The van der Waals surface area contributed by atoms with Gasteiger partial charge in [0, 0.05) is 24.2 Å². The third-order valence-corrected chi connectivity index (χ3v) is 2.97. The highest BCUT2D eigenvalue weighted by molar-refractivity contribution is 7.15. The first-order chi connectivity index (χ1) is 8.01. The number of nitrogens with zero attached hydrogens (tertiary/aromatic N) is 2. The lowest BCUT2D eigenvalue weighted by Crippen LogP contribution is -2.35. The van der Waals surface area contributed by atoms with E-state index >= 15 is 0 Å². The maximum Gasteiger partial charge on any atom is 0.231 e. The molecule has 96 valence electrons. The molecule has 0 unspecified atom stereocenters. The highest BCUT2D eigenvalue weighted by atomic mass is 32.1. The van der Waals surface area contributed by atoms with Crippen molar-refractivity contribution in [3.8, 4) is 0 Å². The third-order valence-electron chi connectivity index (χ3n) is 2.06. The van der Waals surface area contributed by atoms with Crippen molar-refractivity contribution in [3.05, 3.63) is 11.1 Å². The van der Waals surface area contributed by atoms with E-state index in [4.69, 9.17) is 11.6 Å². The Morgan fingerprint density at radius 2 is 2.35 bits per heavy atom. The van der Waals surface area contributed by atoms with E-state index in [1.165, 1.54) is 11.3 Å². The van der Waals surface area contributed by atoms with Gasteiger partial charge in [-0.05, 0) is 5.92 Å². The minimum atomic E-state index is -0.313. The molecule has 0 aliphatic rings. The van der Waals surface area contributed by atoms with Gasteiger partial charge in [0.05, 0.1) is 6.54 Å². The van der Waals surface area contributed by atoms with Gasteiger partial charge in [0.1, 0.15) is 0 Å². The van der Waals surface area contributed by atoms with Crippen molar-refractivity contribution in [2.45, 2.75) is 20.4 Å². The lowest BCUT2D eigenvalue weighted by atomic mass is 10.2. The Morgan fingerprint density at radius 3 is 2.82 bits per heavy atom. The molecule has 0 atom stereocenters. The zero-order valence-electron chi connectivity index (χ0n) is 10.1. The lowest BCUT2D eigenvalue weighted by Gasteiger charge is -2.21. The Bertz CT molecular complexity index is 365. The summed E-state index contributed by atoms with van der Waals surface area (Å²) in [7, 11) is 0. The molecule has 5 N–H and O–H groups in total. The number of hydrogen-bond donors (Lipinski definition) is 3. The molecule has 0 aromatic carbocycles. The molecule has 0 spiro atoms. The fraction of sp³-hybridized carbons (Fsp3) is 0.600. The summed E-state index contributed by atoms with van der Waals surface area (Å²) < 4.78 is 0. The van der Waals surface area contributed by atoms with Crippen LogP contribution in [0.1, 0.15) is 18.7 Å². The highest BCUT2D eigenvalue weighted by Crippen LogP contribution is 2.18. The number of nitrogens with one attached hydrogen (secondary N) is 1. The smallest absolute Gasteiger partial charge is 0.231 e. The largest absolute Gasteiger partial charge is 0.369 e. The summed E-state index contributed by atoms with van der Waals surface area (Å²) in [5.74, 6) is 5.43. The molecule has 1 amide bonds. The normalized spacial score (nSPS) is 11.1. The molecule has 17 heavy (non-hydrogen) atoms. The van der Waals surface area contributed by atoms with Crippen LogP contribution in [0.2, 0.25) is 0 Å². The Hall–Kier alpha value is -1.18. The van der Waals surface area contributed by atoms with Crippen LogP contribution in [-0.2, 0) is 11.3 Å². The number of rotatable bonds is 7. The number of amides is 1. The molecule has 0 saturated carbocycles. The van der Waals surface area contributed by atoms with E-state index in [1.807, 2.05) is 4.90 Å². The molecule has 1 rings (SSSR count). The number of carbonyl (C=O) groups is 1. The molecule has 1 heterocycles. The Kier molecular flexibility index (Phi) is 5.33. The van der Waals surface area contributed by atoms with Crippen molar-refractivity contribution < 1.29 is 4.79 Å². The molecular weight excluding hydrogens is 238 g/mol. The zero-order chi connectivity index (χ0) is 12.8. The fourth-order valence-corrected chi connectivity index (χ4v) is 2.35. The molecule has 7 heteroatoms. The van der Waals surface area contributed by atoms with Crippen molar-refractivity contribution in [1.29, 1.82) is 0 Å². The topological polar surface area (TPSA) is 97.3 Å². The average molecular weight is 257 g/mol. The van der Waals surface area contributed by atoms with Crippen LogP contribution >= 0.6 is 11.3 Å². The number of primary amides is 1. The SMILES string of the molecule is CC(C)CN(CC(N)=O)Cc1cnc(NN)s1. The number of anilines is 1. The second-order valence-corrected chi connectivity index (χ2v) is 5.42. The van der Waals surface area contributed by atoms with Gasteiger partial charge < -0.3 is 5.73 Å². The summed E-state index contributed by atoms with van der Waals surface area (Å²) in [6.07, 6.45) is 1.76. The van der Waals surface area contributed by atoms with Crippen LogP contribution in [0.3, 0.4) is 0 Å². The van der Waals surface area contributed by atoms with Gasteiger partial charge in [0.15, 0.2) is 5.13 Å². The average Bonchev–Trinajstić information content (AvgIpc) is 2.63. The fourth-order valence-electron chi connectivity index (χ4n) is 1.59. The van der Waals surface area contributed by atoms with Gasteiger partial charge in [-0.1, -0.05) is 25.2 Å². The summed E-state index contributed by atoms with van der Waals surface area (Å²) in [4.78, 5) is 18.1. The maximum atomic E-state index is 11.0. The van der Waals surface area contributed by atoms with E-state index in [0.717, 1.165) is 11.4 Å². The van der Waals surface area contributed by atoms with Crippen LogP contribution in [0, 0.1) is 5.92 Å². The Morgan fingerprint density at radius 1 is 1.65 bits per heavy atom. The van der Waals surface area contributed by atoms with Gasteiger partial charge in [-0.25, -0.2) is 10.8 Å². The molecule has 0 aliphatic carbocycles. The summed E-state index contributed by atoms with van der Waals surface area (Å²) in [5.41, 5.74) is 7.73. The number of hydrogen-bond acceptors (Lipinski definition) is 6. The zero-order valence-corrected chi connectivity index (χ0v) is 11.0. The van der Waals surface area contributed by atoms with E-state index in [-0.39, 0.29) is 12.5 Å². The van der Waals surface area contributed by atoms with Crippen LogP contribution in [0.25, 0.3) is 0 Å². The summed E-state index contributed by atoms with van der Waals surface area (Å²) in [6.45, 7) is 5.97.